The first kappa shape index (κ1) is 9.25. The average Bonchev–Trinajstić information content (AvgIpc) is 0.811. The molecule has 5 heavy (non-hydrogen) atoms. The molecule has 0 radical (unpaired) electrons. The zero-order chi connectivity index (χ0) is 3.58. The Morgan fingerprint density at radius 1 is 1.80 bits per heavy atom. The van der Waals surface area contributed by atoms with Crippen LogP contribution in [0.1, 0.15) is 6.92 Å². The fourth-order valence-electron chi connectivity index (χ4n) is 0. The molecule has 24 valence electrons. The van der Waals surface area contributed by atoms with E-state index in [4.69, 9.17) is 9.90 Å². The predicted molar refractivity (Wildman–Crippen MR) is 10.7 cm³/mol. The van der Waals surface area contributed by atoms with Crippen molar-refractivity contribution in [2.75, 3.05) is 0 Å². The first-order chi connectivity index (χ1) is 1.73. The zero-order valence-corrected chi connectivity index (χ0v) is 6.93. The topological polar surface area (TPSA) is 40.1 Å². The summed E-state index contributed by atoms with van der Waals surface area (Å²) in [5, 5.41) is 8.89. The number of carboxylic acids is 1. The van der Waals surface area contributed by atoms with Crippen molar-refractivity contribution in [2.24, 2.45) is 0 Å². The molecule has 0 aromatic carbocycles. The maximum atomic E-state index is 8.89. The summed E-state index contributed by atoms with van der Waals surface area (Å²) in [6, 6.07) is 0. The van der Waals surface area contributed by atoms with Crippen molar-refractivity contribution in [3.63, 3.8) is 0 Å². The predicted octanol–water partition coefficient (Wildman–Crippen LogP) is -1.24. The molecule has 0 amide bonds. The number of hydrogen-bond donors (Lipinski definition) is 0. The second-order valence-electron chi connectivity index (χ2n) is 0.492. The largest absolute Gasteiger partial charge is 4.00 e. The van der Waals surface area contributed by atoms with Gasteiger partial charge in [-0.3, -0.25) is 0 Å². The van der Waals surface area contributed by atoms with Crippen LogP contribution < -0.4 is 5.11 Å². The smallest absolute Gasteiger partial charge is 0.550 e. The quantitative estimate of drug-likeness (QED) is 0.560. The maximum Gasteiger partial charge on any atom is 4.00 e. The van der Waals surface area contributed by atoms with Crippen LogP contribution in [0.5, 0.6) is 0 Å². The van der Waals surface area contributed by atoms with E-state index >= 15 is 0 Å². The van der Waals surface area contributed by atoms with Crippen molar-refractivity contribution in [3.05, 3.63) is 0 Å². The third-order valence-electron chi connectivity index (χ3n) is 0. The molecule has 0 aliphatic rings. The van der Waals surface area contributed by atoms with Crippen LogP contribution in [0.2, 0.25) is 0 Å². The van der Waals surface area contributed by atoms with Gasteiger partial charge >= 0.3 is 39.9 Å². The van der Waals surface area contributed by atoms with Crippen LogP contribution in [0.3, 0.4) is 0 Å². The molecule has 0 heterocycles. The van der Waals surface area contributed by atoms with Gasteiger partial charge in [0.15, 0.2) is 0 Å². The van der Waals surface area contributed by atoms with Gasteiger partial charge in [-0.2, -0.15) is 0 Å². The molecule has 0 unspecified atom stereocenters. The number of rotatable bonds is 0. The fourth-order valence-corrected chi connectivity index (χ4v) is 0. The second-order valence-corrected chi connectivity index (χ2v) is 0.492. The van der Waals surface area contributed by atoms with Gasteiger partial charge in [-0.15, -0.1) is 0 Å². The molecule has 0 bridgehead atoms. The molecule has 0 rings (SSSR count). The summed E-state index contributed by atoms with van der Waals surface area (Å²) in [6.45, 7) is 0.972. The van der Waals surface area contributed by atoms with Gasteiger partial charge in [0.25, 0.3) is 0 Å². The number of carbonyl (C=O) groups is 1. The molecule has 0 aliphatic carbocycles. The van der Waals surface area contributed by atoms with E-state index in [0.717, 1.165) is 6.92 Å². The van der Waals surface area contributed by atoms with E-state index in [2.05, 4.69) is 0 Å². The van der Waals surface area contributed by atoms with Crippen LogP contribution in [0.4, 0.5) is 0 Å². The van der Waals surface area contributed by atoms with Gasteiger partial charge < -0.3 is 9.90 Å². The zero-order valence-electron chi connectivity index (χ0n) is 2.82. The van der Waals surface area contributed by atoms with Crippen molar-refractivity contribution < 1.29 is 49.8 Å². The van der Waals surface area contributed by atoms with E-state index in [9.17, 15) is 0 Å². The SMILES string of the molecule is CC(=O)[O-].[Th+4]. The van der Waals surface area contributed by atoms with E-state index in [1.165, 1.54) is 0 Å². The molecular formula is C2H3O2Th+3. The Morgan fingerprint density at radius 2 is 1.80 bits per heavy atom. The van der Waals surface area contributed by atoms with E-state index in [-0.39, 0.29) is 39.9 Å². The Kier molecular flexibility index (Phi) is 8.87. The maximum absolute atomic E-state index is 8.89. The molecule has 2 nitrogen and oxygen atoms in total. The molecular weight excluding hydrogens is 288 g/mol. The summed E-state index contributed by atoms with van der Waals surface area (Å²) in [7, 11) is 0. The number of carboxylic acid groups (broad SMARTS) is 1. The van der Waals surface area contributed by atoms with Crippen LogP contribution >= 0.6 is 0 Å². The Balaban J connectivity index is 0. The summed E-state index contributed by atoms with van der Waals surface area (Å²) >= 11 is 0. The number of carbonyl (C=O) groups excluding carboxylic acids is 1. The minimum Gasteiger partial charge on any atom is -0.550 e. The Hall–Kier alpha value is 0.795. The molecule has 0 atom stereocenters. The van der Waals surface area contributed by atoms with Crippen molar-refractivity contribution >= 4 is 5.97 Å². The fraction of sp³-hybridized carbons (Fsp3) is 0.500. The van der Waals surface area contributed by atoms with E-state index in [1.54, 1.807) is 0 Å². The molecule has 0 aromatic rings. The van der Waals surface area contributed by atoms with Crippen molar-refractivity contribution in [2.45, 2.75) is 6.92 Å². The van der Waals surface area contributed by atoms with Gasteiger partial charge in [-0.05, 0) is 6.92 Å². The van der Waals surface area contributed by atoms with Crippen LogP contribution in [-0.2, 0) is 4.79 Å². The van der Waals surface area contributed by atoms with E-state index in [0.29, 0.717) is 0 Å². The Labute approximate surface area is 62.2 Å². The molecule has 0 spiro atoms. The second kappa shape index (κ2) is 4.79. The minimum absolute atomic E-state index is 0. The Morgan fingerprint density at radius 3 is 1.80 bits per heavy atom. The van der Waals surface area contributed by atoms with Crippen LogP contribution in [0.15, 0.2) is 0 Å². The standard InChI is InChI=1S/C2H4O2.Th/c1-2(3)4;/h1H3,(H,3,4);/q;+4/p-1. The Bertz CT molecular complexity index is 30.6. The summed E-state index contributed by atoms with van der Waals surface area (Å²) in [4.78, 5) is 8.89. The van der Waals surface area contributed by atoms with Gasteiger partial charge in [0.1, 0.15) is 0 Å². The van der Waals surface area contributed by atoms with Crippen LogP contribution in [-0.4, -0.2) is 5.97 Å². The monoisotopic (exact) mass is 291 g/mol. The summed E-state index contributed by atoms with van der Waals surface area (Å²) < 4.78 is 0. The van der Waals surface area contributed by atoms with Gasteiger partial charge in [-0.1, -0.05) is 0 Å². The molecule has 0 aliphatic heterocycles. The van der Waals surface area contributed by atoms with Crippen LogP contribution in [0, 0.1) is 39.9 Å². The molecule has 0 N–H and O–H groups in total. The molecule has 0 aromatic heterocycles. The van der Waals surface area contributed by atoms with Gasteiger partial charge in [0.2, 0.25) is 0 Å². The van der Waals surface area contributed by atoms with Crippen molar-refractivity contribution in [1.82, 2.24) is 0 Å². The third kappa shape index (κ3) is 59.3. The first-order valence-electron chi connectivity index (χ1n) is 0.908. The van der Waals surface area contributed by atoms with Gasteiger partial charge in [0.05, 0.1) is 0 Å². The van der Waals surface area contributed by atoms with E-state index in [1.807, 2.05) is 0 Å². The van der Waals surface area contributed by atoms with Crippen molar-refractivity contribution in [3.8, 4) is 0 Å². The van der Waals surface area contributed by atoms with Gasteiger partial charge in [0, 0.05) is 5.97 Å². The molecule has 0 fully saturated rings. The average molecular weight is 291 g/mol. The van der Waals surface area contributed by atoms with Crippen molar-refractivity contribution in [1.29, 1.82) is 0 Å². The van der Waals surface area contributed by atoms with E-state index < -0.39 is 5.97 Å². The number of hydrogen-bond acceptors (Lipinski definition) is 2. The molecule has 0 saturated heterocycles. The minimum atomic E-state index is -1.08. The number of aliphatic carboxylic acids is 1. The van der Waals surface area contributed by atoms with Gasteiger partial charge in [-0.25, -0.2) is 0 Å². The third-order valence-corrected chi connectivity index (χ3v) is 0. The van der Waals surface area contributed by atoms with Crippen LogP contribution in [0.25, 0.3) is 0 Å². The summed E-state index contributed by atoms with van der Waals surface area (Å²) in [5.41, 5.74) is 0. The molecule has 0 saturated carbocycles. The first-order valence-corrected chi connectivity index (χ1v) is 0.908. The summed E-state index contributed by atoms with van der Waals surface area (Å²) in [5.74, 6) is -1.08. The normalized spacial score (nSPS) is 5.00. The summed E-state index contributed by atoms with van der Waals surface area (Å²) in [6.07, 6.45) is 0. The molecule has 3 heteroatoms.